The van der Waals surface area contributed by atoms with Gasteiger partial charge < -0.3 is 10.6 Å². The Morgan fingerprint density at radius 2 is 2.20 bits per heavy atom. The second-order valence-corrected chi connectivity index (χ2v) is 6.90. The first-order chi connectivity index (χ1) is 9.20. The predicted molar refractivity (Wildman–Crippen MR) is 85.0 cm³/mol. The Balaban J connectivity index is 0.00000147. The molecule has 2 aliphatic rings. The number of nitrogens with two attached hydrogens (primary N) is 1. The summed E-state index contributed by atoms with van der Waals surface area (Å²) in [6.07, 6.45) is 3.60. The Labute approximate surface area is 130 Å². The van der Waals surface area contributed by atoms with Gasteiger partial charge in [0.25, 0.3) is 0 Å². The van der Waals surface area contributed by atoms with Gasteiger partial charge in [0.2, 0.25) is 5.91 Å². The minimum absolute atomic E-state index is 0. The average molecular weight is 315 g/mol. The van der Waals surface area contributed by atoms with Gasteiger partial charge in [-0.25, -0.2) is 0 Å². The molecule has 0 radical (unpaired) electrons. The van der Waals surface area contributed by atoms with Gasteiger partial charge >= 0.3 is 0 Å². The first kappa shape index (κ1) is 15.8. The van der Waals surface area contributed by atoms with Gasteiger partial charge in [0, 0.05) is 17.5 Å². The molecule has 1 heterocycles. The van der Waals surface area contributed by atoms with Crippen molar-refractivity contribution in [2.24, 2.45) is 23.5 Å². The van der Waals surface area contributed by atoms with Crippen LogP contribution in [0, 0.1) is 17.8 Å². The van der Waals surface area contributed by atoms with Crippen LogP contribution in [0.25, 0.3) is 0 Å². The van der Waals surface area contributed by atoms with Gasteiger partial charge in [-0.1, -0.05) is 6.07 Å². The summed E-state index contributed by atoms with van der Waals surface area (Å²) < 4.78 is 0. The number of hydrogen-bond donors (Lipinski definition) is 1. The lowest BCUT2D eigenvalue weighted by Gasteiger charge is -2.32. The summed E-state index contributed by atoms with van der Waals surface area (Å²) in [6.45, 7) is 3.58. The molecule has 0 aliphatic heterocycles. The molecule has 1 aromatic heterocycles. The molecule has 4 unspecified atom stereocenters. The zero-order valence-corrected chi connectivity index (χ0v) is 13.5. The van der Waals surface area contributed by atoms with Crippen LogP contribution >= 0.6 is 23.7 Å². The van der Waals surface area contributed by atoms with Crippen molar-refractivity contribution < 1.29 is 4.79 Å². The first-order valence-electron chi connectivity index (χ1n) is 7.27. The van der Waals surface area contributed by atoms with E-state index in [4.69, 9.17) is 5.73 Å². The molecule has 1 amide bonds. The molecule has 1 aromatic rings. The third kappa shape index (κ3) is 2.74. The van der Waals surface area contributed by atoms with Gasteiger partial charge in [0.1, 0.15) is 0 Å². The van der Waals surface area contributed by atoms with Gasteiger partial charge in [-0.05, 0) is 49.5 Å². The molecular formula is C15H23ClN2OS. The van der Waals surface area contributed by atoms with Crippen molar-refractivity contribution in [2.75, 3.05) is 6.54 Å². The van der Waals surface area contributed by atoms with E-state index in [2.05, 4.69) is 18.4 Å². The van der Waals surface area contributed by atoms with Crippen molar-refractivity contribution in [3.63, 3.8) is 0 Å². The van der Waals surface area contributed by atoms with Crippen molar-refractivity contribution in [3.05, 3.63) is 22.4 Å². The summed E-state index contributed by atoms with van der Waals surface area (Å²) in [5, 5.41) is 2.07. The quantitative estimate of drug-likeness (QED) is 0.929. The maximum Gasteiger partial charge on any atom is 0.227 e. The fraction of sp³-hybridized carbons (Fsp3) is 0.667. The Kier molecular flexibility index (Phi) is 5.10. The van der Waals surface area contributed by atoms with Gasteiger partial charge in [-0.15, -0.1) is 23.7 Å². The highest BCUT2D eigenvalue weighted by Gasteiger charge is 2.49. The van der Waals surface area contributed by atoms with Crippen LogP contribution in [-0.4, -0.2) is 23.4 Å². The molecular weight excluding hydrogens is 292 g/mol. The van der Waals surface area contributed by atoms with E-state index in [9.17, 15) is 4.79 Å². The number of carbonyl (C=O) groups excluding carboxylic acids is 1. The van der Waals surface area contributed by atoms with Gasteiger partial charge in [0.05, 0.1) is 12.5 Å². The van der Waals surface area contributed by atoms with Crippen LogP contribution in [0.3, 0.4) is 0 Å². The highest BCUT2D eigenvalue weighted by molar-refractivity contribution is 7.09. The van der Waals surface area contributed by atoms with Crippen LogP contribution < -0.4 is 5.73 Å². The summed E-state index contributed by atoms with van der Waals surface area (Å²) in [5.41, 5.74) is 6.29. The molecule has 5 heteroatoms. The highest BCUT2D eigenvalue weighted by atomic mass is 35.5. The maximum absolute atomic E-state index is 12.8. The molecule has 2 fully saturated rings. The lowest BCUT2D eigenvalue weighted by Crippen LogP contribution is -2.46. The second kappa shape index (κ2) is 6.46. The number of hydrogen-bond acceptors (Lipinski definition) is 3. The fourth-order valence-corrected chi connectivity index (χ4v) is 4.57. The Morgan fingerprint density at radius 1 is 1.45 bits per heavy atom. The van der Waals surface area contributed by atoms with Crippen LogP contribution in [0.5, 0.6) is 0 Å². The minimum Gasteiger partial charge on any atom is -0.338 e. The number of rotatable bonds is 4. The summed E-state index contributed by atoms with van der Waals surface area (Å²) in [6, 6.07) is 4.24. The summed E-state index contributed by atoms with van der Waals surface area (Å²) >= 11 is 1.72. The average Bonchev–Trinajstić information content (AvgIpc) is 3.12. The predicted octanol–water partition coefficient (Wildman–Crippen LogP) is 2.89. The molecule has 112 valence electrons. The number of thiophene rings is 1. The lowest BCUT2D eigenvalue weighted by atomic mass is 9.84. The molecule has 2 aliphatic carbocycles. The van der Waals surface area contributed by atoms with Crippen molar-refractivity contribution in [1.29, 1.82) is 0 Å². The Hall–Kier alpha value is -0.580. The maximum atomic E-state index is 12.8. The van der Waals surface area contributed by atoms with Crippen molar-refractivity contribution in [1.82, 2.24) is 4.90 Å². The molecule has 4 atom stereocenters. The van der Waals surface area contributed by atoms with E-state index in [0.717, 1.165) is 13.1 Å². The van der Waals surface area contributed by atoms with Crippen LogP contribution in [0.2, 0.25) is 0 Å². The topological polar surface area (TPSA) is 46.3 Å². The summed E-state index contributed by atoms with van der Waals surface area (Å²) in [4.78, 5) is 16.0. The summed E-state index contributed by atoms with van der Waals surface area (Å²) in [5.74, 6) is 1.51. The van der Waals surface area contributed by atoms with E-state index >= 15 is 0 Å². The van der Waals surface area contributed by atoms with Crippen LogP contribution in [0.1, 0.15) is 31.1 Å². The zero-order valence-electron chi connectivity index (χ0n) is 11.8. The van der Waals surface area contributed by atoms with Crippen LogP contribution in [0.4, 0.5) is 0 Å². The van der Waals surface area contributed by atoms with E-state index in [0.29, 0.717) is 11.8 Å². The molecule has 20 heavy (non-hydrogen) atoms. The number of halogens is 1. The molecule has 0 spiro atoms. The standard InChI is InChI=1S/C15H22N2OS.ClH/c1-2-17(9-12-4-3-7-19-12)15(18)13-10-5-6-11(8-10)14(13)16;/h3-4,7,10-11,13-14H,2,5-6,8-9,16H2,1H3;1H. The number of amides is 1. The van der Waals surface area contributed by atoms with Crippen molar-refractivity contribution in [3.8, 4) is 0 Å². The first-order valence-corrected chi connectivity index (χ1v) is 8.15. The van der Waals surface area contributed by atoms with E-state index < -0.39 is 0 Å². The Morgan fingerprint density at radius 3 is 2.75 bits per heavy atom. The normalized spacial score (nSPS) is 31.1. The minimum atomic E-state index is 0. The molecule has 3 rings (SSSR count). The summed E-state index contributed by atoms with van der Waals surface area (Å²) in [7, 11) is 0. The van der Waals surface area contributed by atoms with E-state index in [1.165, 1.54) is 24.1 Å². The fourth-order valence-electron chi connectivity index (χ4n) is 3.85. The van der Waals surface area contributed by atoms with E-state index in [1.807, 2.05) is 11.0 Å². The number of nitrogens with zero attached hydrogens (tertiary/aromatic N) is 1. The number of carbonyl (C=O) groups is 1. The van der Waals surface area contributed by atoms with Gasteiger partial charge in [-0.3, -0.25) is 4.79 Å². The Bertz CT molecular complexity index is 449. The molecule has 2 saturated carbocycles. The third-order valence-corrected chi connectivity index (χ3v) is 5.75. The number of fused-ring (bicyclic) bond motifs is 2. The van der Waals surface area contributed by atoms with Crippen LogP contribution in [0.15, 0.2) is 17.5 Å². The molecule has 3 nitrogen and oxygen atoms in total. The highest BCUT2D eigenvalue weighted by Crippen LogP contribution is 2.48. The third-order valence-electron chi connectivity index (χ3n) is 4.89. The molecule has 0 saturated heterocycles. The van der Waals surface area contributed by atoms with E-state index in [-0.39, 0.29) is 30.3 Å². The largest absolute Gasteiger partial charge is 0.338 e. The smallest absolute Gasteiger partial charge is 0.227 e. The SMILES string of the molecule is CCN(Cc1cccs1)C(=O)C1C2CCC(C2)C1N.Cl. The molecule has 2 N–H and O–H groups in total. The van der Waals surface area contributed by atoms with Crippen LogP contribution in [-0.2, 0) is 11.3 Å². The van der Waals surface area contributed by atoms with Crippen molar-refractivity contribution >= 4 is 29.7 Å². The zero-order chi connectivity index (χ0) is 13.4. The van der Waals surface area contributed by atoms with Gasteiger partial charge in [0.15, 0.2) is 0 Å². The second-order valence-electron chi connectivity index (χ2n) is 5.87. The van der Waals surface area contributed by atoms with Crippen molar-refractivity contribution in [2.45, 2.75) is 38.8 Å². The van der Waals surface area contributed by atoms with Gasteiger partial charge in [-0.2, -0.15) is 0 Å². The lowest BCUT2D eigenvalue weighted by molar-refractivity contribution is -0.138. The monoisotopic (exact) mass is 314 g/mol. The van der Waals surface area contributed by atoms with E-state index in [1.54, 1.807) is 11.3 Å². The molecule has 2 bridgehead atoms. The molecule has 0 aromatic carbocycles.